The van der Waals surface area contributed by atoms with Crippen LogP contribution in [0.1, 0.15) is 35.2 Å². The second-order valence-corrected chi connectivity index (χ2v) is 6.23. The largest absolute Gasteiger partial charge is 0.416 e. The van der Waals surface area contributed by atoms with Crippen molar-refractivity contribution in [2.45, 2.75) is 36.7 Å². The van der Waals surface area contributed by atoms with Crippen LogP contribution >= 0.6 is 12.6 Å². The van der Waals surface area contributed by atoms with Gasteiger partial charge in [-0.05, 0) is 31.5 Å². The molecule has 25 heavy (non-hydrogen) atoms. The molecule has 9 heteroatoms. The van der Waals surface area contributed by atoms with Crippen molar-refractivity contribution < 1.29 is 32.3 Å². The number of carbonyl (C=O) groups is 3. The predicted molar refractivity (Wildman–Crippen MR) is 85.3 cm³/mol. The number of carbonyl (C=O) groups excluding carboxylic acids is 3. The van der Waals surface area contributed by atoms with Crippen LogP contribution in [0.25, 0.3) is 0 Å². The molecular formula is C16H16F3NO4S. The van der Waals surface area contributed by atoms with Crippen molar-refractivity contribution in [3.63, 3.8) is 0 Å². The number of halogens is 3. The van der Waals surface area contributed by atoms with Gasteiger partial charge in [0.15, 0.2) is 5.78 Å². The molecule has 2 rings (SSSR count). The highest BCUT2D eigenvalue weighted by atomic mass is 32.1. The molecule has 0 aliphatic carbocycles. The molecule has 0 bridgehead atoms. The highest BCUT2D eigenvalue weighted by Gasteiger charge is 2.31. The number of esters is 2. The summed E-state index contributed by atoms with van der Waals surface area (Å²) in [6.45, 7) is 0.657. The monoisotopic (exact) mass is 375 g/mol. The fourth-order valence-electron chi connectivity index (χ4n) is 2.35. The quantitative estimate of drug-likeness (QED) is 0.358. The van der Waals surface area contributed by atoms with E-state index < -0.39 is 47.2 Å². The van der Waals surface area contributed by atoms with Gasteiger partial charge in [-0.25, -0.2) is 4.79 Å². The van der Waals surface area contributed by atoms with Gasteiger partial charge in [0.2, 0.25) is 0 Å². The fraction of sp³-hybridized carbons (Fsp3) is 0.438. The van der Waals surface area contributed by atoms with Crippen molar-refractivity contribution in [3.05, 3.63) is 35.4 Å². The summed E-state index contributed by atoms with van der Waals surface area (Å²) in [5.41, 5.74) is -0.857. The SMILES string of the molecule is O=C(CC(S)C(=O)OC(=O)[C@@H]1CCCN1)c1ccc(C(F)(F)F)cc1. The van der Waals surface area contributed by atoms with E-state index >= 15 is 0 Å². The highest BCUT2D eigenvalue weighted by Crippen LogP contribution is 2.29. The molecule has 1 aliphatic rings. The summed E-state index contributed by atoms with van der Waals surface area (Å²) in [7, 11) is 0. The predicted octanol–water partition coefficient (Wildman–Crippen LogP) is 2.40. The van der Waals surface area contributed by atoms with Gasteiger partial charge in [0.25, 0.3) is 0 Å². The average molecular weight is 375 g/mol. The number of Topliss-reactive ketones (excluding diaryl/α,β-unsaturated/α-hetero) is 1. The second-order valence-electron chi connectivity index (χ2n) is 5.61. The summed E-state index contributed by atoms with van der Waals surface area (Å²) in [5, 5.41) is 1.69. The van der Waals surface area contributed by atoms with E-state index in [4.69, 9.17) is 0 Å². The fourth-order valence-corrected chi connectivity index (χ4v) is 2.56. The van der Waals surface area contributed by atoms with E-state index in [1.54, 1.807) is 0 Å². The lowest BCUT2D eigenvalue weighted by Gasteiger charge is -2.12. The summed E-state index contributed by atoms with van der Waals surface area (Å²) >= 11 is 3.95. The van der Waals surface area contributed by atoms with Gasteiger partial charge in [-0.1, -0.05) is 12.1 Å². The highest BCUT2D eigenvalue weighted by molar-refractivity contribution is 7.81. The van der Waals surface area contributed by atoms with Crippen LogP contribution in [0.5, 0.6) is 0 Å². The van der Waals surface area contributed by atoms with Crippen molar-refractivity contribution in [2.75, 3.05) is 6.54 Å². The molecule has 0 saturated carbocycles. The Kier molecular flexibility index (Phi) is 6.23. The molecule has 0 spiro atoms. The maximum atomic E-state index is 12.5. The number of hydrogen-bond donors (Lipinski definition) is 2. The van der Waals surface area contributed by atoms with Crippen LogP contribution in [-0.2, 0) is 20.5 Å². The molecule has 0 aromatic heterocycles. The standard InChI is InChI=1S/C16H16F3NO4S/c17-16(18,19)10-5-3-9(4-6-10)12(21)8-13(25)15(23)24-14(22)11-2-1-7-20-11/h3-6,11,13,20,25H,1-2,7-8H2/t11-,13?/m0/s1. The third-order valence-corrected chi connectivity index (χ3v) is 4.12. The number of benzene rings is 1. The van der Waals surface area contributed by atoms with Crippen LogP contribution in [0.2, 0.25) is 0 Å². The van der Waals surface area contributed by atoms with Gasteiger partial charge in [-0.2, -0.15) is 25.8 Å². The summed E-state index contributed by atoms with van der Waals surface area (Å²) in [5.74, 6) is -2.25. The van der Waals surface area contributed by atoms with Gasteiger partial charge in [0, 0.05) is 12.0 Å². The van der Waals surface area contributed by atoms with Crippen LogP contribution in [0.3, 0.4) is 0 Å². The van der Waals surface area contributed by atoms with E-state index in [1.807, 2.05) is 0 Å². The Morgan fingerprint density at radius 3 is 2.40 bits per heavy atom. The van der Waals surface area contributed by atoms with Crippen LogP contribution in [0.15, 0.2) is 24.3 Å². The zero-order valence-corrected chi connectivity index (χ0v) is 13.9. The van der Waals surface area contributed by atoms with Gasteiger partial charge in [0.1, 0.15) is 11.3 Å². The van der Waals surface area contributed by atoms with E-state index in [2.05, 4.69) is 22.7 Å². The van der Waals surface area contributed by atoms with Crippen LogP contribution < -0.4 is 5.32 Å². The minimum absolute atomic E-state index is 0.0173. The smallest absolute Gasteiger partial charge is 0.391 e. The number of ether oxygens (including phenoxy) is 1. The van der Waals surface area contributed by atoms with Crippen molar-refractivity contribution in [3.8, 4) is 0 Å². The van der Waals surface area contributed by atoms with Crippen molar-refractivity contribution in [2.24, 2.45) is 0 Å². The number of rotatable bonds is 5. The zero-order valence-electron chi connectivity index (χ0n) is 13.0. The molecule has 0 radical (unpaired) electrons. The van der Waals surface area contributed by atoms with Gasteiger partial charge < -0.3 is 10.1 Å². The Hall–Kier alpha value is -1.87. The van der Waals surface area contributed by atoms with Crippen molar-refractivity contribution in [1.29, 1.82) is 0 Å². The Morgan fingerprint density at radius 1 is 1.24 bits per heavy atom. The van der Waals surface area contributed by atoms with Gasteiger partial charge >= 0.3 is 18.1 Å². The Labute approximate surface area is 147 Å². The number of thiol groups is 1. The molecule has 1 saturated heterocycles. The zero-order chi connectivity index (χ0) is 18.6. The molecule has 1 unspecified atom stereocenters. The molecule has 1 N–H and O–H groups in total. The molecule has 1 heterocycles. The number of hydrogen-bond acceptors (Lipinski definition) is 6. The first-order chi connectivity index (χ1) is 11.7. The van der Waals surface area contributed by atoms with Crippen molar-refractivity contribution in [1.82, 2.24) is 5.32 Å². The van der Waals surface area contributed by atoms with Crippen LogP contribution in [0.4, 0.5) is 13.2 Å². The maximum Gasteiger partial charge on any atom is 0.416 e. The lowest BCUT2D eigenvalue weighted by molar-refractivity contribution is -0.160. The molecular weight excluding hydrogens is 359 g/mol. The summed E-state index contributed by atoms with van der Waals surface area (Å²) < 4.78 is 42.2. The molecule has 136 valence electrons. The first kappa shape index (κ1) is 19.5. The first-order valence-electron chi connectivity index (χ1n) is 7.56. The van der Waals surface area contributed by atoms with Crippen molar-refractivity contribution >= 4 is 30.4 Å². The van der Waals surface area contributed by atoms with Gasteiger partial charge in [0.05, 0.1) is 5.56 Å². The summed E-state index contributed by atoms with van der Waals surface area (Å²) in [6.07, 6.45) is -3.52. The molecule has 1 aromatic carbocycles. The molecule has 0 amide bonds. The van der Waals surface area contributed by atoms with E-state index in [0.29, 0.717) is 13.0 Å². The summed E-state index contributed by atoms with van der Waals surface area (Å²) in [6, 6.07) is 3.09. The van der Waals surface area contributed by atoms with E-state index in [0.717, 1.165) is 30.7 Å². The average Bonchev–Trinajstić information content (AvgIpc) is 3.08. The summed E-state index contributed by atoms with van der Waals surface area (Å²) in [4.78, 5) is 35.6. The Bertz CT molecular complexity index is 654. The normalized spacial score (nSPS) is 18.6. The number of alkyl halides is 3. The lowest BCUT2D eigenvalue weighted by Crippen LogP contribution is -2.36. The van der Waals surface area contributed by atoms with E-state index in [9.17, 15) is 27.6 Å². The minimum Gasteiger partial charge on any atom is -0.391 e. The molecule has 1 aromatic rings. The first-order valence-corrected chi connectivity index (χ1v) is 8.07. The third-order valence-electron chi connectivity index (χ3n) is 3.73. The molecule has 1 fully saturated rings. The second kappa shape index (κ2) is 8.01. The van der Waals surface area contributed by atoms with E-state index in [-0.39, 0.29) is 5.56 Å². The number of nitrogens with one attached hydrogen (secondary N) is 1. The van der Waals surface area contributed by atoms with Crippen LogP contribution in [-0.4, -0.2) is 35.6 Å². The third kappa shape index (κ3) is 5.30. The maximum absolute atomic E-state index is 12.5. The van der Waals surface area contributed by atoms with E-state index in [1.165, 1.54) is 0 Å². The molecule has 5 nitrogen and oxygen atoms in total. The molecule has 2 atom stereocenters. The lowest BCUT2D eigenvalue weighted by atomic mass is 10.0. The Balaban J connectivity index is 1.90. The minimum atomic E-state index is -4.49. The van der Waals surface area contributed by atoms with Gasteiger partial charge in [-0.3, -0.25) is 9.59 Å². The number of ketones is 1. The van der Waals surface area contributed by atoms with Crippen LogP contribution in [0, 0.1) is 0 Å². The molecule has 1 aliphatic heterocycles. The Morgan fingerprint density at radius 2 is 1.88 bits per heavy atom. The topological polar surface area (TPSA) is 72.5 Å². The van der Waals surface area contributed by atoms with Gasteiger partial charge in [-0.15, -0.1) is 0 Å².